The maximum absolute atomic E-state index is 13.3. The summed E-state index contributed by atoms with van der Waals surface area (Å²) in [4.78, 5) is 0. The van der Waals surface area contributed by atoms with Gasteiger partial charge in [-0.3, -0.25) is 0 Å². The summed E-state index contributed by atoms with van der Waals surface area (Å²) < 4.78 is 36.0. The van der Waals surface area contributed by atoms with Crippen molar-refractivity contribution in [2.75, 3.05) is 11.5 Å². The quantitative estimate of drug-likeness (QED) is 0.806. The van der Waals surface area contributed by atoms with Crippen LogP contribution < -0.4 is 0 Å². The molecule has 0 aromatic heterocycles. The van der Waals surface area contributed by atoms with Crippen LogP contribution in [0.25, 0.3) is 0 Å². The van der Waals surface area contributed by atoms with Crippen LogP contribution >= 0.6 is 0 Å². The zero-order valence-electron chi connectivity index (χ0n) is 8.90. The summed E-state index contributed by atoms with van der Waals surface area (Å²) in [6.45, 7) is 1.62. The summed E-state index contributed by atoms with van der Waals surface area (Å²) in [5, 5.41) is 10.2. The lowest BCUT2D eigenvalue weighted by molar-refractivity contribution is 0.0649. The molecule has 1 aromatic carbocycles. The number of sulfone groups is 1. The molecule has 88 valence electrons. The van der Waals surface area contributed by atoms with E-state index in [1.807, 2.05) is 0 Å². The van der Waals surface area contributed by atoms with E-state index in [1.165, 1.54) is 6.07 Å². The fourth-order valence-electron chi connectivity index (χ4n) is 1.94. The first-order valence-corrected chi connectivity index (χ1v) is 6.84. The van der Waals surface area contributed by atoms with Gasteiger partial charge in [0, 0.05) is 0 Å². The zero-order valence-corrected chi connectivity index (χ0v) is 9.72. The molecule has 1 unspecified atom stereocenters. The predicted octanol–water partition coefficient (Wildman–Crippen LogP) is 1.14. The van der Waals surface area contributed by atoms with E-state index in [0.717, 1.165) is 0 Å². The molecule has 1 N–H and O–H groups in total. The third-order valence-electron chi connectivity index (χ3n) is 2.99. The third kappa shape index (κ3) is 1.97. The number of halogens is 1. The number of hydrogen-bond donors (Lipinski definition) is 1. The van der Waals surface area contributed by atoms with Gasteiger partial charge in [-0.15, -0.1) is 0 Å². The molecule has 3 nitrogen and oxygen atoms in total. The first-order valence-electron chi connectivity index (χ1n) is 5.02. The lowest BCUT2D eigenvalue weighted by Gasteiger charge is -2.21. The van der Waals surface area contributed by atoms with E-state index in [9.17, 15) is 17.9 Å². The fourth-order valence-corrected chi connectivity index (χ4v) is 3.77. The van der Waals surface area contributed by atoms with Crippen LogP contribution in [0, 0.1) is 12.7 Å². The third-order valence-corrected chi connectivity index (χ3v) is 4.74. The molecule has 1 saturated heterocycles. The van der Waals surface area contributed by atoms with Gasteiger partial charge in [0.2, 0.25) is 0 Å². The Morgan fingerprint density at radius 3 is 2.62 bits per heavy atom. The van der Waals surface area contributed by atoms with Crippen LogP contribution in [0.4, 0.5) is 4.39 Å². The zero-order chi connectivity index (χ0) is 12.0. The van der Waals surface area contributed by atoms with Crippen molar-refractivity contribution < 1.29 is 17.9 Å². The Bertz CT molecular complexity index is 524. The minimum Gasteiger partial charge on any atom is -0.384 e. The lowest BCUT2D eigenvalue weighted by atomic mass is 9.92. The lowest BCUT2D eigenvalue weighted by Crippen LogP contribution is -2.27. The normalized spacial score (nSPS) is 28.2. The highest BCUT2D eigenvalue weighted by Crippen LogP contribution is 2.33. The van der Waals surface area contributed by atoms with Gasteiger partial charge in [0.05, 0.1) is 11.5 Å². The van der Waals surface area contributed by atoms with Crippen LogP contribution in [-0.2, 0) is 15.4 Å². The molecule has 0 bridgehead atoms. The van der Waals surface area contributed by atoms with Crippen LogP contribution in [0.5, 0.6) is 0 Å². The Kier molecular flexibility index (Phi) is 2.55. The van der Waals surface area contributed by atoms with E-state index >= 15 is 0 Å². The van der Waals surface area contributed by atoms with Gasteiger partial charge in [0.1, 0.15) is 11.4 Å². The number of aliphatic hydroxyl groups is 1. The van der Waals surface area contributed by atoms with Crippen molar-refractivity contribution in [3.8, 4) is 0 Å². The highest BCUT2D eigenvalue weighted by molar-refractivity contribution is 7.91. The summed E-state index contributed by atoms with van der Waals surface area (Å²) in [5.74, 6) is -0.781. The Morgan fingerprint density at radius 2 is 2.12 bits per heavy atom. The van der Waals surface area contributed by atoms with E-state index in [4.69, 9.17) is 0 Å². The first kappa shape index (κ1) is 11.5. The molecule has 0 aliphatic carbocycles. The van der Waals surface area contributed by atoms with Crippen molar-refractivity contribution >= 4 is 9.84 Å². The van der Waals surface area contributed by atoms with Gasteiger partial charge in [-0.05, 0) is 30.5 Å². The number of aryl methyl sites for hydroxylation is 1. The molecule has 1 atom stereocenters. The van der Waals surface area contributed by atoms with Crippen molar-refractivity contribution in [3.05, 3.63) is 35.1 Å². The Morgan fingerprint density at radius 1 is 1.44 bits per heavy atom. The van der Waals surface area contributed by atoms with Gasteiger partial charge in [0.15, 0.2) is 9.84 Å². The maximum atomic E-state index is 13.3. The minimum atomic E-state index is -3.20. The molecule has 1 heterocycles. The smallest absolute Gasteiger partial charge is 0.153 e. The fraction of sp³-hybridized carbons (Fsp3) is 0.455. The molecular formula is C11H13FO3S. The molecule has 1 aromatic rings. The highest BCUT2D eigenvalue weighted by Gasteiger charge is 2.42. The van der Waals surface area contributed by atoms with Crippen molar-refractivity contribution in [3.63, 3.8) is 0 Å². The second kappa shape index (κ2) is 3.53. The second-order valence-electron chi connectivity index (χ2n) is 4.34. The monoisotopic (exact) mass is 244 g/mol. The molecule has 0 spiro atoms. The van der Waals surface area contributed by atoms with Crippen molar-refractivity contribution in [1.82, 2.24) is 0 Å². The van der Waals surface area contributed by atoms with Crippen LogP contribution in [0.15, 0.2) is 18.2 Å². The molecule has 5 heteroatoms. The van der Waals surface area contributed by atoms with Crippen LogP contribution in [0.2, 0.25) is 0 Å². The van der Waals surface area contributed by atoms with E-state index in [-0.39, 0.29) is 17.9 Å². The highest BCUT2D eigenvalue weighted by atomic mass is 32.2. The summed E-state index contributed by atoms with van der Waals surface area (Å²) >= 11 is 0. The average molecular weight is 244 g/mol. The molecule has 0 radical (unpaired) electrons. The Labute approximate surface area is 93.8 Å². The summed E-state index contributed by atoms with van der Waals surface area (Å²) in [6.07, 6.45) is 0.137. The largest absolute Gasteiger partial charge is 0.384 e. The molecule has 2 rings (SSSR count). The van der Waals surface area contributed by atoms with E-state index < -0.39 is 21.3 Å². The van der Waals surface area contributed by atoms with Gasteiger partial charge < -0.3 is 5.11 Å². The molecule has 0 saturated carbocycles. The topological polar surface area (TPSA) is 54.4 Å². The molecule has 0 amide bonds. The van der Waals surface area contributed by atoms with E-state index in [0.29, 0.717) is 11.1 Å². The van der Waals surface area contributed by atoms with E-state index in [2.05, 4.69) is 0 Å². The number of hydrogen-bond acceptors (Lipinski definition) is 3. The van der Waals surface area contributed by atoms with Crippen LogP contribution in [-0.4, -0.2) is 25.0 Å². The van der Waals surface area contributed by atoms with Gasteiger partial charge in [0.25, 0.3) is 0 Å². The summed E-state index contributed by atoms with van der Waals surface area (Å²) in [5.41, 5.74) is -0.599. The summed E-state index contributed by atoms with van der Waals surface area (Å²) in [6, 6.07) is 4.35. The molecule has 1 fully saturated rings. The minimum absolute atomic E-state index is 0.0427. The van der Waals surface area contributed by atoms with Gasteiger partial charge in [-0.1, -0.05) is 12.1 Å². The van der Waals surface area contributed by atoms with Crippen LogP contribution in [0.3, 0.4) is 0 Å². The van der Waals surface area contributed by atoms with Crippen LogP contribution in [0.1, 0.15) is 17.5 Å². The van der Waals surface area contributed by atoms with E-state index in [1.54, 1.807) is 19.1 Å². The molecular weight excluding hydrogens is 231 g/mol. The molecule has 1 aliphatic rings. The maximum Gasteiger partial charge on any atom is 0.153 e. The molecule has 16 heavy (non-hydrogen) atoms. The molecule has 1 aliphatic heterocycles. The van der Waals surface area contributed by atoms with Gasteiger partial charge >= 0.3 is 0 Å². The summed E-state index contributed by atoms with van der Waals surface area (Å²) in [7, 11) is -3.20. The van der Waals surface area contributed by atoms with Crippen molar-refractivity contribution in [1.29, 1.82) is 0 Å². The second-order valence-corrected chi connectivity index (χ2v) is 6.52. The standard InChI is InChI=1S/C11H13FO3S/c1-8-2-3-9(6-10(8)12)11(13)4-5-16(14,15)7-11/h2-3,6,13H,4-5,7H2,1H3. The van der Waals surface area contributed by atoms with Crippen molar-refractivity contribution in [2.45, 2.75) is 18.9 Å². The van der Waals surface area contributed by atoms with Gasteiger partial charge in [-0.25, -0.2) is 12.8 Å². The first-order chi connectivity index (χ1) is 7.32. The predicted molar refractivity (Wildman–Crippen MR) is 58.3 cm³/mol. The van der Waals surface area contributed by atoms with Gasteiger partial charge in [-0.2, -0.15) is 0 Å². The SMILES string of the molecule is Cc1ccc(C2(O)CCS(=O)(=O)C2)cc1F. The number of rotatable bonds is 1. The number of benzene rings is 1. The average Bonchev–Trinajstić information content (AvgIpc) is 2.47. The van der Waals surface area contributed by atoms with Crippen molar-refractivity contribution in [2.24, 2.45) is 0 Å². The Hall–Kier alpha value is -0.940. The Balaban J connectivity index is 2.41.